The van der Waals surface area contributed by atoms with Crippen molar-refractivity contribution in [3.8, 4) is 0 Å². The number of piperidine rings is 1. The van der Waals surface area contributed by atoms with Crippen molar-refractivity contribution in [3.63, 3.8) is 0 Å². The van der Waals surface area contributed by atoms with E-state index in [4.69, 9.17) is 10.5 Å². The zero-order chi connectivity index (χ0) is 14.5. The van der Waals surface area contributed by atoms with Crippen molar-refractivity contribution in [2.75, 3.05) is 26.2 Å². The van der Waals surface area contributed by atoms with Crippen LogP contribution in [0, 0.1) is 23.2 Å². The van der Waals surface area contributed by atoms with Crippen molar-refractivity contribution in [3.05, 3.63) is 0 Å². The van der Waals surface area contributed by atoms with Crippen LogP contribution < -0.4 is 5.73 Å². The smallest absolute Gasteiger partial charge is 0.0690 e. The van der Waals surface area contributed by atoms with Crippen LogP contribution in [0.4, 0.5) is 0 Å². The van der Waals surface area contributed by atoms with Crippen LogP contribution in [0.25, 0.3) is 0 Å². The Morgan fingerprint density at radius 2 is 1.85 bits per heavy atom. The van der Waals surface area contributed by atoms with E-state index < -0.39 is 0 Å². The molecule has 116 valence electrons. The summed E-state index contributed by atoms with van der Waals surface area (Å²) in [5, 5.41) is 0. The lowest BCUT2D eigenvalue weighted by molar-refractivity contribution is -0.233. The van der Waals surface area contributed by atoms with Gasteiger partial charge in [-0.3, -0.25) is 0 Å². The second-order valence-corrected chi connectivity index (χ2v) is 8.44. The third-order valence-electron chi connectivity index (χ3n) is 6.32. The van der Waals surface area contributed by atoms with Crippen LogP contribution in [-0.2, 0) is 4.74 Å². The fourth-order valence-electron chi connectivity index (χ4n) is 5.28. The Hall–Kier alpha value is -0.120. The zero-order valence-electron chi connectivity index (χ0n) is 13.7. The first kappa shape index (κ1) is 14.8. The molecule has 0 spiro atoms. The highest BCUT2D eigenvalue weighted by Gasteiger charge is 2.66. The first-order valence-corrected chi connectivity index (χ1v) is 8.47. The van der Waals surface area contributed by atoms with Crippen LogP contribution >= 0.6 is 0 Å². The highest BCUT2D eigenvalue weighted by atomic mass is 16.5. The van der Waals surface area contributed by atoms with Crippen LogP contribution in [0.2, 0.25) is 0 Å². The summed E-state index contributed by atoms with van der Waals surface area (Å²) in [4.78, 5) is 2.63. The van der Waals surface area contributed by atoms with E-state index in [0.29, 0.717) is 12.0 Å². The van der Waals surface area contributed by atoms with Gasteiger partial charge < -0.3 is 15.4 Å². The molecule has 3 heteroatoms. The molecule has 5 atom stereocenters. The standard InChI is InChI=1S/C17H32N2O/c1-12-8-13(2)10-19(9-12)11-17(18)14-6-5-7-20-15(14)16(17,3)4/h12-15H,5-11,18H2,1-4H3. The van der Waals surface area contributed by atoms with Crippen molar-refractivity contribution in [1.82, 2.24) is 4.90 Å². The van der Waals surface area contributed by atoms with E-state index in [9.17, 15) is 0 Å². The van der Waals surface area contributed by atoms with Gasteiger partial charge in [-0.15, -0.1) is 0 Å². The topological polar surface area (TPSA) is 38.5 Å². The van der Waals surface area contributed by atoms with Gasteiger partial charge in [0.05, 0.1) is 6.10 Å². The summed E-state index contributed by atoms with van der Waals surface area (Å²) in [6.45, 7) is 13.8. The summed E-state index contributed by atoms with van der Waals surface area (Å²) in [6.07, 6.45) is 4.19. The quantitative estimate of drug-likeness (QED) is 0.844. The van der Waals surface area contributed by atoms with Gasteiger partial charge in [-0.1, -0.05) is 27.7 Å². The van der Waals surface area contributed by atoms with Crippen LogP contribution in [0.5, 0.6) is 0 Å². The first-order chi connectivity index (χ1) is 9.34. The second-order valence-electron chi connectivity index (χ2n) is 8.44. The third kappa shape index (κ3) is 2.13. The molecular weight excluding hydrogens is 248 g/mol. The van der Waals surface area contributed by atoms with E-state index in [1.165, 1.54) is 32.4 Å². The Bertz CT molecular complexity index is 360. The molecule has 2 N–H and O–H groups in total. The molecule has 2 saturated heterocycles. The Labute approximate surface area is 124 Å². The lowest BCUT2D eigenvalue weighted by atomic mass is 9.46. The lowest BCUT2D eigenvalue weighted by Crippen LogP contribution is -2.80. The van der Waals surface area contributed by atoms with E-state index in [-0.39, 0.29) is 11.0 Å². The summed E-state index contributed by atoms with van der Waals surface area (Å²) in [7, 11) is 0. The molecule has 3 fully saturated rings. The maximum atomic E-state index is 6.94. The van der Waals surface area contributed by atoms with Crippen molar-refractivity contribution in [1.29, 1.82) is 0 Å². The maximum Gasteiger partial charge on any atom is 0.0690 e. The van der Waals surface area contributed by atoms with Crippen molar-refractivity contribution >= 4 is 0 Å². The van der Waals surface area contributed by atoms with E-state index in [2.05, 4.69) is 32.6 Å². The van der Waals surface area contributed by atoms with Gasteiger partial charge in [-0.05, 0) is 31.1 Å². The number of fused-ring (bicyclic) bond motifs is 1. The monoisotopic (exact) mass is 280 g/mol. The number of hydrogen-bond acceptors (Lipinski definition) is 3. The molecule has 1 aliphatic carbocycles. The maximum absolute atomic E-state index is 6.94. The van der Waals surface area contributed by atoms with Gasteiger partial charge >= 0.3 is 0 Å². The fraction of sp³-hybridized carbons (Fsp3) is 1.00. The number of likely N-dealkylation sites (tertiary alicyclic amines) is 1. The molecule has 0 radical (unpaired) electrons. The number of ether oxygens (including phenoxy) is 1. The first-order valence-electron chi connectivity index (χ1n) is 8.47. The molecule has 5 unspecified atom stereocenters. The van der Waals surface area contributed by atoms with E-state index in [1.807, 2.05) is 0 Å². The molecule has 3 nitrogen and oxygen atoms in total. The molecule has 0 amide bonds. The van der Waals surface area contributed by atoms with E-state index in [0.717, 1.165) is 25.0 Å². The Morgan fingerprint density at radius 1 is 1.20 bits per heavy atom. The second kappa shape index (κ2) is 4.96. The average Bonchev–Trinajstić information content (AvgIpc) is 2.37. The summed E-state index contributed by atoms with van der Waals surface area (Å²) >= 11 is 0. The zero-order valence-corrected chi connectivity index (χ0v) is 13.7. The molecule has 0 aromatic heterocycles. The molecule has 20 heavy (non-hydrogen) atoms. The van der Waals surface area contributed by atoms with Gasteiger partial charge in [0.15, 0.2) is 0 Å². The molecular formula is C17H32N2O. The predicted octanol–water partition coefficient (Wildman–Crippen LogP) is 2.50. The summed E-state index contributed by atoms with van der Waals surface area (Å²) in [5.41, 5.74) is 6.99. The minimum absolute atomic E-state index is 0.0606. The Balaban J connectivity index is 1.72. The highest BCUT2D eigenvalue weighted by molar-refractivity contribution is 5.21. The molecule has 0 bridgehead atoms. The molecule has 1 saturated carbocycles. The van der Waals surface area contributed by atoms with Crippen molar-refractivity contribution in [2.24, 2.45) is 28.9 Å². The minimum atomic E-state index is -0.0606. The van der Waals surface area contributed by atoms with Gasteiger partial charge in [-0.25, -0.2) is 0 Å². The molecule has 3 rings (SSSR count). The summed E-state index contributed by atoms with van der Waals surface area (Å²) in [6, 6.07) is 0. The highest BCUT2D eigenvalue weighted by Crippen LogP contribution is 2.57. The predicted molar refractivity (Wildman–Crippen MR) is 82.5 cm³/mol. The van der Waals surface area contributed by atoms with E-state index in [1.54, 1.807) is 0 Å². The number of nitrogens with two attached hydrogens (primary N) is 1. The average molecular weight is 280 g/mol. The van der Waals surface area contributed by atoms with Crippen LogP contribution in [0.15, 0.2) is 0 Å². The number of nitrogens with zero attached hydrogens (tertiary/aromatic N) is 1. The SMILES string of the molecule is CC1CC(C)CN(CC2(N)C3CCCOC3C2(C)C)C1. The van der Waals surface area contributed by atoms with Gasteiger partial charge in [-0.2, -0.15) is 0 Å². The van der Waals surface area contributed by atoms with Crippen molar-refractivity contribution < 1.29 is 4.74 Å². The van der Waals surface area contributed by atoms with Gasteiger partial charge in [0.1, 0.15) is 0 Å². The largest absolute Gasteiger partial charge is 0.377 e. The molecule has 0 aromatic rings. The molecule has 0 aromatic carbocycles. The van der Waals surface area contributed by atoms with Gasteiger partial charge in [0.25, 0.3) is 0 Å². The summed E-state index contributed by atoms with van der Waals surface area (Å²) < 4.78 is 6.02. The number of rotatable bonds is 2. The van der Waals surface area contributed by atoms with Gasteiger partial charge in [0, 0.05) is 43.1 Å². The van der Waals surface area contributed by atoms with Gasteiger partial charge in [0.2, 0.25) is 0 Å². The number of hydrogen-bond donors (Lipinski definition) is 1. The van der Waals surface area contributed by atoms with Crippen molar-refractivity contribution in [2.45, 2.75) is 58.6 Å². The summed E-state index contributed by atoms with van der Waals surface area (Å²) in [5.74, 6) is 2.19. The minimum Gasteiger partial charge on any atom is -0.377 e. The Morgan fingerprint density at radius 3 is 2.50 bits per heavy atom. The Kier molecular flexibility index (Phi) is 3.67. The van der Waals surface area contributed by atoms with Crippen LogP contribution in [0.3, 0.4) is 0 Å². The fourth-order valence-corrected chi connectivity index (χ4v) is 5.28. The normalized spacial score (nSPS) is 48.5. The lowest BCUT2D eigenvalue weighted by Gasteiger charge is -2.67. The third-order valence-corrected chi connectivity index (χ3v) is 6.32. The van der Waals surface area contributed by atoms with Crippen LogP contribution in [-0.4, -0.2) is 42.8 Å². The molecule has 3 aliphatic rings. The van der Waals surface area contributed by atoms with Crippen LogP contribution in [0.1, 0.15) is 47.0 Å². The molecule has 2 aliphatic heterocycles. The molecule has 2 heterocycles. The van der Waals surface area contributed by atoms with E-state index >= 15 is 0 Å².